The van der Waals surface area contributed by atoms with Crippen LogP contribution in [0.3, 0.4) is 0 Å². The minimum Gasteiger partial charge on any atom is -0.298 e. The molecule has 2 saturated carbocycles. The summed E-state index contributed by atoms with van der Waals surface area (Å²) in [4.78, 5) is 12.1. The Morgan fingerprint density at radius 2 is 1.88 bits per heavy atom. The van der Waals surface area contributed by atoms with Gasteiger partial charge in [0.15, 0.2) is 11.6 Å². The van der Waals surface area contributed by atoms with Gasteiger partial charge < -0.3 is 0 Å². The van der Waals surface area contributed by atoms with Gasteiger partial charge in [-0.25, -0.2) is 8.78 Å². The molecular weight excluding hydrogens is 210 g/mol. The summed E-state index contributed by atoms with van der Waals surface area (Å²) in [7, 11) is 0. The van der Waals surface area contributed by atoms with Crippen molar-refractivity contribution >= 4 is 5.78 Å². The van der Waals surface area contributed by atoms with Gasteiger partial charge in [0, 0.05) is 5.92 Å². The molecule has 2 fully saturated rings. The van der Waals surface area contributed by atoms with E-state index in [1.807, 2.05) is 0 Å². The quantitative estimate of drug-likeness (QED) is 0.768. The Labute approximate surface area is 92.5 Å². The lowest BCUT2D eigenvalue weighted by molar-refractivity contribution is -0.122. The van der Waals surface area contributed by atoms with Gasteiger partial charge in [-0.05, 0) is 43.4 Å². The van der Waals surface area contributed by atoms with E-state index in [2.05, 4.69) is 0 Å². The van der Waals surface area contributed by atoms with Crippen molar-refractivity contribution in [3.05, 3.63) is 35.4 Å². The predicted molar refractivity (Wildman–Crippen MR) is 55.0 cm³/mol. The van der Waals surface area contributed by atoms with Crippen LogP contribution >= 0.6 is 0 Å². The fourth-order valence-corrected chi connectivity index (χ4v) is 2.33. The number of benzene rings is 1. The molecule has 16 heavy (non-hydrogen) atoms. The van der Waals surface area contributed by atoms with Crippen molar-refractivity contribution < 1.29 is 13.6 Å². The Bertz CT molecular complexity index is 459. The van der Waals surface area contributed by atoms with Crippen LogP contribution in [0, 0.1) is 17.6 Å². The molecule has 0 radical (unpaired) electrons. The molecule has 3 rings (SSSR count). The Morgan fingerprint density at radius 1 is 1.19 bits per heavy atom. The Morgan fingerprint density at radius 3 is 2.38 bits per heavy atom. The zero-order valence-electron chi connectivity index (χ0n) is 8.80. The lowest BCUT2D eigenvalue weighted by Crippen LogP contribution is -2.22. The van der Waals surface area contributed by atoms with Gasteiger partial charge in [-0.1, -0.05) is 6.07 Å². The minimum atomic E-state index is -0.854. The molecule has 0 bridgehead atoms. The number of hydrogen-bond donors (Lipinski definition) is 0. The molecule has 1 aromatic rings. The van der Waals surface area contributed by atoms with E-state index in [-0.39, 0.29) is 11.7 Å². The monoisotopic (exact) mass is 222 g/mol. The molecule has 0 N–H and O–H groups in total. The smallest absolute Gasteiger partial charge is 0.159 e. The largest absolute Gasteiger partial charge is 0.298 e. The van der Waals surface area contributed by atoms with E-state index >= 15 is 0 Å². The number of halogens is 2. The maximum Gasteiger partial charge on any atom is 0.159 e. The summed E-state index contributed by atoms with van der Waals surface area (Å²) in [5, 5.41) is 0. The van der Waals surface area contributed by atoms with E-state index in [1.54, 1.807) is 6.07 Å². The second-order valence-corrected chi connectivity index (χ2v) is 4.85. The maximum absolute atomic E-state index is 13.1. The van der Waals surface area contributed by atoms with Crippen molar-refractivity contribution in [1.29, 1.82) is 0 Å². The fraction of sp³-hybridized carbons (Fsp3) is 0.462. The first-order valence-electron chi connectivity index (χ1n) is 5.63. The highest BCUT2D eigenvalue weighted by Crippen LogP contribution is 2.53. The van der Waals surface area contributed by atoms with Gasteiger partial charge in [-0.3, -0.25) is 4.79 Å². The molecule has 0 amide bonds. The van der Waals surface area contributed by atoms with Gasteiger partial charge in [0.25, 0.3) is 0 Å². The summed E-state index contributed by atoms with van der Waals surface area (Å²) in [5.74, 6) is -1.29. The summed E-state index contributed by atoms with van der Waals surface area (Å²) in [6.45, 7) is 0. The molecule has 0 unspecified atom stereocenters. The van der Waals surface area contributed by atoms with Crippen LogP contribution in [0.2, 0.25) is 0 Å². The number of carbonyl (C=O) groups excluding carboxylic acids is 1. The van der Waals surface area contributed by atoms with Crippen LogP contribution in [-0.4, -0.2) is 5.78 Å². The number of rotatable bonds is 3. The second kappa shape index (κ2) is 3.12. The zero-order valence-corrected chi connectivity index (χ0v) is 8.80. The summed E-state index contributed by atoms with van der Waals surface area (Å²) >= 11 is 0. The summed E-state index contributed by atoms with van der Waals surface area (Å²) < 4.78 is 26.0. The molecule has 2 aliphatic rings. The van der Waals surface area contributed by atoms with E-state index in [4.69, 9.17) is 0 Å². The van der Waals surface area contributed by atoms with Crippen LogP contribution in [-0.2, 0) is 10.2 Å². The van der Waals surface area contributed by atoms with Crippen LogP contribution in [0.15, 0.2) is 18.2 Å². The molecule has 0 spiro atoms. The van der Waals surface area contributed by atoms with E-state index in [9.17, 15) is 13.6 Å². The van der Waals surface area contributed by atoms with E-state index in [0.29, 0.717) is 5.56 Å². The van der Waals surface area contributed by atoms with Crippen molar-refractivity contribution in [3.63, 3.8) is 0 Å². The number of carbonyl (C=O) groups is 1. The zero-order chi connectivity index (χ0) is 11.3. The maximum atomic E-state index is 13.1. The summed E-state index contributed by atoms with van der Waals surface area (Å²) in [6.07, 6.45) is 3.50. The lowest BCUT2D eigenvalue weighted by Gasteiger charge is -2.14. The average Bonchev–Trinajstić information content (AvgIpc) is 3.16. The third-order valence-electron chi connectivity index (χ3n) is 3.64. The summed E-state index contributed by atoms with van der Waals surface area (Å²) in [5.41, 5.74) is 0.179. The third kappa shape index (κ3) is 1.38. The third-order valence-corrected chi connectivity index (χ3v) is 3.64. The molecule has 0 saturated heterocycles. The lowest BCUT2D eigenvalue weighted by atomic mass is 9.89. The van der Waals surface area contributed by atoms with Gasteiger partial charge in [0.1, 0.15) is 5.78 Å². The molecule has 1 nitrogen and oxygen atoms in total. The second-order valence-electron chi connectivity index (χ2n) is 4.85. The number of ketones is 1. The highest BCUT2D eigenvalue weighted by Gasteiger charge is 2.55. The molecule has 0 heterocycles. The van der Waals surface area contributed by atoms with E-state index in [0.717, 1.165) is 31.7 Å². The average molecular weight is 222 g/mol. The van der Waals surface area contributed by atoms with Crippen LogP contribution in [0.5, 0.6) is 0 Å². The van der Waals surface area contributed by atoms with Gasteiger partial charge in [-0.2, -0.15) is 0 Å². The minimum absolute atomic E-state index is 0.176. The molecule has 1 aromatic carbocycles. The number of hydrogen-bond acceptors (Lipinski definition) is 1. The van der Waals surface area contributed by atoms with Crippen LogP contribution in [0.25, 0.3) is 0 Å². The molecule has 2 aliphatic carbocycles. The Hall–Kier alpha value is -1.25. The first-order valence-corrected chi connectivity index (χ1v) is 5.63. The summed E-state index contributed by atoms with van der Waals surface area (Å²) in [6, 6.07) is 3.85. The van der Waals surface area contributed by atoms with E-state index < -0.39 is 17.0 Å². The first-order chi connectivity index (χ1) is 7.63. The topological polar surface area (TPSA) is 17.1 Å². The molecule has 84 valence electrons. The van der Waals surface area contributed by atoms with Gasteiger partial charge in [0.2, 0.25) is 0 Å². The van der Waals surface area contributed by atoms with Gasteiger partial charge >= 0.3 is 0 Å². The molecule has 0 aromatic heterocycles. The molecule has 0 aliphatic heterocycles. The van der Waals surface area contributed by atoms with Crippen LogP contribution < -0.4 is 0 Å². The fourth-order valence-electron chi connectivity index (χ4n) is 2.33. The molecule has 0 atom stereocenters. The molecule has 3 heteroatoms. The van der Waals surface area contributed by atoms with Crippen molar-refractivity contribution in [3.8, 4) is 0 Å². The predicted octanol–water partition coefficient (Wildman–Crippen LogP) is 2.98. The molecular formula is C13H12F2O. The van der Waals surface area contributed by atoms with Crippen molar-refractivity contribution in [2.45, 2.75) is 31.1 Å². The number of Topliss-reactive ketones (excluding diaryl/α,β-unsaturated/α-hetero) is 1. The van der Waals surface area contributed by atoms with Crippen molar-refractivity contribution in [1.82, 2.24) is 0 Å². The van der Waals surface area contributed by atoms with Gasteiger partial charge in [0.05, 0.1) is 5.41 Å². The normalized spacial score (nSPS) is 21.9. The van der Waals surface area contributed by atoms with Crippen LogP contribution in [0.4, 0.5) is 8.78 Å². The van der Waals surface area contributed by atoms with Gasteiger partial charge in [-0.15, -0.1) is 0 Å². The Kier molecular flexibility index (Phi) is 1.94. The van der Waals surface area contributed by atoms with E-state index in [1.165, 1.54) is 6.07 Å². The highest BCUT2D eigenvalue weighted by atomic mass is 19.2. The highest BCUT2D eigenvalue weighted by molar-refractivity contribution is 5.96. The standard InChI is InChI=1S/C13H12F2O/c14-10-4-3-9(7-11(10)15)13(5-6-13)12(16)8-1-2-8/h3-4,7-8H,1-2,5-6H2. The van der Waals surface area contributed by atoms with Crippen LogP contribution in [0.1, 0.15) is 31.2 Å². The van der Waals surface area contributed by atoms with Crippen molar-refractivity contribution in [2.75, 3.05) is 0 Å². The Balaban J connectivity index is 1.96. The SMILES string of the molecule is O=C(C1CC1)C1(c2ccc(F)c(F)c2)CC1. The van der Waals surface area contributed by atoms with Crippen molar-refractivity contribution in [2.24, 2.45) is 5.92 Å². The first kappa shape index (κ1) is 9.94.